The third-order valence-electron chi connectivity index (χ3n) is 14.4. The summed E-state index contributed by atoms with van der Waals surface area (Å²) in [6.45, 7) is 10.5. The number of hydrogen-bond acceptors (Lipinski definition) is 4. The molecule has 0 bridgehead atoms. The van der Waals surface area contributed by atoms with Crippen molar-refractivity contribution in [1.82, 2.24) is 0 Å². The number of hydrogen-bond donors (Lipinski definition) is 0. The average Bonchev–Trinajstić information content (AvgIpc) is 4.33. The fraction of sp³-hybridized carbons (Fsp3) is 0.0274. The molecule has 0 amide bonds. The molecule has 0 N–H and O–H groups in total. The predicted molar refractivity (Wildman–Crippen MR) is 345 cm³/mol. The molecular weight excluding hydrogens is 1000 g/mol. The molecule has 2 aromatic heterocycles. The molecule has 0 aliphatic rings. The zero-order valence-corrected chi connectivity index (χ0v) is 46.1. The monoisotopic (exact) mass is 1060 g/mol. The molecule has 2 heterocycles. The molecule has 2 nitrogen and oxygen atoms in total. The summed E-state index contributed by atoms with van der Waals surface area (Å²) in [5.41, 5.74) is 16.9. The maximum atomic E-state index is 4.35. The lowest BCUT2D eigenvalue weighted by Gasteiger charge is -2.28. The molecule has 0 unspecified atom stereocenters. The highest BCUT2D eigenvalue weighted by Gasteiger charge is 2.23. The van der Waals surface area contributed by atoms with Crippen LogP contribution in [0.1, 0.15) is 5.56 Å². The van der Waals surface area contributed by atoms with Crippen molar-refractivity contribution in [3.05, 3.63) is 291 Å². The number of para-hydroxylation sites is 1. The van der Waals surface area contributed by atoms with Gasteiger partial charge in [0.15, 0.2) is 0 Å². The van der Waals surface area contributed by atoms with Gasteiger partial charge in [-0.15, -0.1) is 22.7 Å². The van der Waals surface area contributed by atoms with E-state index in [0.29, 0.717) is 0 Å². The van der Waals surface area contributed by atoms with Crippen LogP contribution in [-0.2, 0) is 0 Å². The van der Waals surface area contributed by atoms with Crippen molar-refractivity contribution < 1.29 is 0 Å². The minimum absolute atomic E-state index is 0.112. The van der Waals surface area contributed by atoms with Crippen molar-refractivity contribution in [1.29, 1.82) is 0 Å². The van der Waals surface area contributed by atoms with Crippen molar-refractivity contribution in [3.8, 4) is 64.0 Å². The van der Waals surface area contributed by atoms with Crippen molar-refractivity contribution in [2.24, 2.45) is 0 Å². The summed E-state index contributed by atoms with van der Waals surface area (Å²) in [6, 6.07) is 91.1. The molecule has 0 saturated carbocycles. The van der Waals surface area contributed by atoms with Gasteiger partial charge < -0.3 is 9.80 Å². The second kappa shape index (κ2) is 22.0. The van der Waals surface area contributed by atoms with Crippen LogP contribution in [0, 0.1) is 6.92 Å². The van der Waals surface area contributed by atoms with E-state index in [0.717, 1.165) is 66.8 Å². The summed E-state index contributed by atoms with van der Waals surface area (Å²) in [4.78, 5) is 10.9. The minimum atomic E-state index is -0.112. The van der Waals surface area contributed by atoms with E-state index in [4.69, 9.17) is 0 Å². The Hall–Kier alpha value is -8.84. The zero-order valence-electron chi connectivity index (χ0n) is 43.6. The van der Waals surface area contributed by atoms with E-state index in [1.165, 1.54) is 63.3 Å². The van der Waals surface area contributed by atoms with Crippen molar-refractivity contribution in [3.63, 3.8) is 0 Å². The number of aryl methyl sites for hydroxylation is 1. The van der Waals surface area contributed by atoms with Crippen LogP contribution >= 0.6 is 33.2 Å². The molecule has 0 fully saturated rings. The first-order valence-electron chi connectivity index (χ1n) is 26.1. The minimum Gasteiger partial charge on any atom is -0.311 e. The standard InChI is InChI=1S/C73H56N2S3/c1-6-17-57(7-2)74(59-34-24-50(3)25-35-59)61-38-42-64-66(48-61)72(55-30-26-53(27-31-55)70-46-44-68(76-70)51-18-11-8-12-19-51)65-43-39-62(75(58-22-15-10-16-23-58)60-36-40-63(41-37-60)78(4)5)49-67(65)73(64)56-32-28-54(29-33-56)71-47-45-69(77-71)52-20-13-9-14-21-52/h6-49H,1-2,4H2,3,5H3/b57-17+/t78-/m0/s1. The lowest BCUT2D eigenvalue weighted by molar-refractivity contribution is 1.21. The van der Waals surface area contributed by atoms with Gasteiger partial charge in [0.2, 0.25) is 0 Å². The Morgan fingerprint density at radius 3 is 1.26 bits per heavy atom. The van der Waals surface area contributed by atoms with E-state index in [1.54, 1.807) is 0 Å². The third-order valence-corrected chi connectivity index (χ3v) is 17.8. The summed E-state index contributed by atoms with van der Waals surface area (Å²) in [5, 5.41) is 4.62. The van der Waals surface area contributed by atoms with Gasteiger partial charge in [0.25, 0.3) is 0 Å². The van der Waals surface area contributed by atoms with E-state index in [-0.39, 0.29) is 10.5 Å². The van der Waals surface area contributed by atoms with Crippen LogP contribution in [0.25, 0.3) is 85.6 Å². The van der Waals surface area contributed by atoms with E-state index >= 15 is 0 Å². The first-order valence-corrected chi connectivity index (χ1v) is 29.5. The van der Waals surface area contributed by atoms with Crippen LogP contribution in [-0.4, -0.2) is 12.1 Å². The second-order valence-corrected chi connectivity index (χ2v) is 23.3. The SMILES string of the molecule is C=C/C=C(\C=C)N(c1ccc(C)cc1)c1ccc2c(-c3ccc(-c4ccc(-c5ccccc5)s4)cc3)c3cc(N(c4ccccc4)c4ccc([S@@](=C)C)cc4)ccc3c(-c3ccc(-c4ccc(-c5ccccc5)s4)cc3)c2c1. The Bertz CT molecular complexity index is 4170. The summed E-state index contributed by atoms with van der Waals surface area (Å²) < 4.78 is 0. The van der Waals surface area contributed by atoms with Crippen LogP contribution in [0.15, 0.2) is 291 Å². The molecule has 10 aromatic carbocycles. The average molecular weight is 1060 g/mol. The van der Waals surface area contributed by atoms with Crippen LogP contribution in [0.5, 0.6) is 0 Å². The van der Waals surface area contributed by atoms with Gasteiger partial charge in [-0.3, -0.25) is 0 Å². The molecule has 0 saturated heterocycles. The maximum Gasteiger partial charge on any atom is 0.0468 e. The molecule has 78 heavy (non-hydrogen) atoms. The second-order valence-electron chi connectivity index (χ2n) is 19.4. The van der Waals surface area contributed by atoms with Crippen molar-refractivity contribution in [2.75, 3.05) is 16.1 Å². The number of rotatable bonds is 15. The van der Waals surface area contributed by atoms with Crippen molar-refractivity contribution >= 4 is 89.0 Å². The highest BCUT2D eigenvalue weighted by Crippen LogP contribution is 2.49. The molecule has 12 rings (SSSR count). The quantitative estimate of drug-likeness (QED) is 0.0573. The molecule has 1 atom stereocenters. The fourth-order valence-electron chi connectivity index (χ4n) is 10.6. The van der Waals surface area contributed by atoms with E-state index in [1.807, 2.05) is 40.9 Å². The molecule has 0 spiro atoms. The largest absolute Gasteiger partial charge is 0.311 e. The van der Waals surface area contributed by atoms with Crippen LogP contribution in [0.4, 0.5) is 28.4 Å². The number of anilines is 5. The lowest BCUT2D eigenvalue weighted by atomic mass is 9.85. The number of thiophene rings is 2. The van der Waals surface area contributed by atoms with Crippen LogP contribution in [0.3, 0.4) is 0 Å². The van der Waals surface area contributed by atoms with Gasteiger partial charge in [-0.25, -0.2) is 0 Å². The van der Waals surface area contributed by atoms with E-state index < -0.39 is 0 Å². The normalized spacial score (nSPS) is 11.9. The Kier molecular flexibility index (Phi) is 14.1. The molecule has 0 aliphatic heterocycles. The Labute approximate surface area is 469 Å². The Balaban J connectivity index is 1.11. The molecular formula is C73H56N2S3. The lowest BCUT2D eigenvalue weighted by Crippen LogP contribution is -2.15. The number of nitrogens with zero attached hydrogens (tertiary/aromatic N) is 2. The molecule has 376 valence electrons. The number of allylic oxidation sites excluding steroid dienone is 3. The molecule has 0 aliphatic carbocycles. The van der Waals surface area contributed by atoms with Gasteiger partial charge in [0.05, 0.1) is 0 Å². The van der Waals surface area contributed by atoms with Gasteiger partial charge in [-0.05, 0) is 188 Å². The van der Waals surface area contributed by atoms with Crippen LogP contribution < -0.4 is 9.80 Å². The Morgan fingerprint density at radius 1 is 0.397 bits per heavy atom. The van der Waals surface area contributed by atoms with E-state index in [9.17, 15) is 0 Å². The maximum absolute atomic E-state index is 4.35. The van der Waals surface area contributed by atoms with Crippen LogP contribution in [0.2, 0.25) is 0 Å². The molecule has 0 radical (unpaired) electrons. The number of benzene rings is 10. The summed E-state index contributed by atoms with van der Waals surface area (Å²) in [5.74, 6) is 4.35. The van der Waals surface area contributed by atoms with Gasteiger partial charge in [0.1, 0.15) is 0 Å². The molecule has 5 heteroatoms. The first kappa shape index (κ1) is 50.0. The van der Waals surface area contributed by atoms with Gasteiger partial charge >= 0.3 is 0 Å². The smallest absolute Gasteiger partial charge is 0.0468 e. The van der Waals surface area contributed by atoms with Crippen molar-refractivity contribution in [2.45, 2.75) is 11.8 Å². The van der Waals surface area contributed by atoms with Gasteiger partial charge in [-0.1, -0.05) is 182 Å². The predicted octanol–water partition coefficient (Wildman–Crippen LogP) is 22.0. The number of fused-ring (bicyclic) bond motifs is 2. The van der Waals surface area contributed by atoms with Gasteiger partial charge in [0, 0.05) is 58.5 Å². The zero-order chi connectivity index (χ0) is 53.1. The molecule has 12 aromatic rings. The highest BCUT2D eigenvalue weighted by molar-refractivity contribution is 8.13. The fourth-order valence-corrected chi connectivity index (χ4v) is 13.2. The summed E-state index contributed by atoms with van der Waals surface area (Å²) in [6.07, 6.45) is 7.95. The van der Waals surface area contributed by atoms with E-state index in [2.05, 4.69) is 291 Å². The summed E-state index contributed by atoms with van der Waals surface area (Å²) in [7, 11) is -0.112. The topological polar surface area (TPSA) is 6.48 Å². The third kappa shape index (κ3) is 9.92. The summed E-state index contributed by atoms with van der Waals surface area (Å²) >= 11 is 3.66. The highest BCUT2D eigenvalue weighted by atomic mass is 32.2. The van der Waals surface area contributed by atoms with Gasteiger partial charge in [-0.2, -0.15) is 10.5 Å². The Morgan fingerprint density at radius 2 is 0.795 bits per heavy atom. The first-order chi connectivity index (χ1) is 38.3.